The first kappa shape index (κ1) is 22.6. The molecule has 0 saturated carbocycles. The van der Waals surface area contributed by atoms with Crippen LogP contribution < -0.4 is 10.1 Å². The van der Waals surface area contributed by atoms with Gasteiger partial charge in [-0.3, -0.25) is 9.59 Å². The van der Waals surface area contributed by atoms with Crippen LogP contribution in [0.3, 0.4) is 0 Å². The van der Waals surface area contributed by atoms with Crippen molar-refractivity contribution in [3.63, 3.8) is 0 Å². The molecule has 3 aromatic rings. The Kier molecular flexibility index (Phi) is 6.82. The van der Waals surface area contributed by atoms with Crippen LogP contribution in [0.2, 0.25) is 0 Å². The number of rotatable bonds is 8. The third-order valence-corrected chi connectivity index (χ3v) is 6.18. The van der Waals surface area contributed by atoms with Crippen molar-refractivity contribution in [1.82, 2.24) is 10.2 Å². The third-order valence-electron chi connectivity index (χ3n) is 6.18. The number of hydrogen-bond acceptors (Lipinski definition) is 4. The van der Waals surface area contributed by atoms with E-state index < -0.39 is 0 Å². The first-order valence-electron chi connectivity index (χ1n) is 11.4. The Morgan fingerprint density at radius 1 is 1.27 bits per heavy atom. The van der Waals surface area contributed by atoms with Gasteiger partial charge >= 0.3 is 0 Å². The van der Waals surface area contributed by atoms with Crippen LogP contribution in [0.4, 0.5) is 0 Å². The molecule has 6 nitrogen and oxygen atoms in total. The van der Waals surface area contributed by atoms with Crippen molar-refractivity contribution in [2.75, 3.05) is 26.7 Å². The number of benzene rings is 2. The largest absolute Gasteiger partial charge is 0.496 e. The predicted octanol–water partition coefficient (Wildman–Crippen LogP) is 4.95. The highest BCUT2D eigenvalue weighted by Gasteiger charge is 2.20. The maximum atomic E-state index is 12.5. The second-order valence-electron chi connectivity index (χ2n) is 8.43. The van der Waals surface area contributed by atoms with Crippen LogP contribution >= 0.6 is 0 Å². The summed E-state index contributed by atoms with van der Waals surface area (Å²) in [5.41, 5.74) is 5.43. The summed E-state index contributed by atoms with van der Waals surface area (Å²) in [6.07, 6.45) is 5.69. The molecular weight excluding hydrogens is 416 g/mol. The van der Waals surface area contributed by atoms with Gasteiger partial charge in [0.1, 0.15) is 11.3 Å². The van der Waals surface area contributed by atoms with Crippen molar-refractivity contribution in [3.8, 4) is 16.9 Å². The van der Waals surface area contributed by atoms with E-state index in [1.54, 1.807) is 19.4 Å². The Hall–Kier alpha value is -3.54. The van der Waals surface area contributed by atoms with E-state index in [9.17, 15) is 9.59 Å². The third kappa shape index (κ3) is 4.80. The fourth-order valence-corrected chi connectivity index (χ4v) is 4.46. The molecule has 2 heterocycles. The van der Waals surface area contributed by atoms with Gasteiger partial charge in [0.05, 0.1) is 13.4 Å². The monoisotopic (exact) mass is 446 g/mol. The number of hydrogen-bond donors (Lipinski definition) is 1. The minimum atomic E-state index is -0.157. The van der Waals surface area contributed by atoms with Gasteiger partial charge < -0.3 is 19.4 Å². The molecule has 33 heavy (non-hydrogen) atoms. The SMILES string of the molecule is COc1c(/C(C)=C/C(=O)NCCCN2CCCC2=O)cc2c(-c3ccccc3)coc2c1C. The maximum absolute atomic E-state index is 12.5. The first-order valence-corrected chi connectivity index (χ1v) is 11.4. The lowest BCUT2D eigenvalue weighted by atomic mass is 9.96. The summed E-state index contributed by atoms with van der Waals surface area (Å²) in [6.45, 7) is 5.92. The predicted molar refractivity (Wildman–Crippen MR) is 130 cm³/mol. The summed E-state index contributed by atoms with van der Waals surface area (Å²) in [7, 11) is 1.63. The van der Waals surface area contributed by atoms with E-state index in [0.717, 1.165) is 58.2 Å². The molecule has 1 fully saturated rings. The molecule has 172 valence electrons. The molecule has 1 N–H and O–H groups in total. The molecule has 0 unspecified atom stereocenters. The molecule has 4 rings (SSSR count). The zero-order valence-electron chi connectivity index (χ0n) is 19.4. The van der Waals surface area contributed by atoms with Gasteiger partial charge in [0.15, 0.2) is 0 Å². The quantitative estimate of drug-likeness (QED) is 0.393. The summed E-state index contributed by atoms with van der Waals surface area (Å²) in [5, 5.41) is 3.92. The van der Waals surface area contributed by atoms with Gasteiger partial charge in [0.25, 0.3) is 0 Å². The van der Waals surface area contributed by atoms with Crippen LogP contribution in [0, 0.1) is 6.92 Å². The molecule has 0 radical (unpaired) electrons. The molecular formula is C27H30N2O4. The lowest BCUT2D eigenvalue weighted by Gasteiger charge is -2.15. The molecule has 1 aromatic heterocycles. The van der Waals surface area contributed by atoms with Crippen LogP contribution in [-0.4, -0.2) is 43.5 Å². The zero-order chi connectivity index (χ0) is 23.4. The van der Waals surface area contributed by atoms with E-state index in [0.29, 0.717) is 25.3 Å². The minimum Gasteiger partial charge on any atom is -0.496 e. The highest BCUT2D eigenvalue weighted by Crippen LogP contribution is 2.40. The van der Waals surface area contributed by atoms with Crippen molar-refractivity contribution in [2.24, 2.45) is 0 Å². The standard InChI is InChI=1S/C27H30N2O4/c1-18(15-24(30)28-12-8-14-29-13-7-11-25(29)31)21-16-22-23(20-9-5-4-6-10-20)17-33-27(22)19(2)26(21)32-3/h4-6,9-10,15-17H,7-8,11-14H2,1-3H3,(H,28,30)/b18-15+. The van der Waals surface area contributed by atoms with E-state index in [1.807, 2.05) is 43.0 Å². The average molecular weight is 447 g/mol. The van der Waals surface area contributed by atoms with Crippen LogP contribution in [0.25, 0.3) is 27.7 Å². The normalized spacial score (nSPS) is 14.2. The highest BCUT2D eigenvalue weighted by atomic mass is 16.5. The smallest absolute Gasteiger partial charge is 0.244 e. The molecule has 6 heteroatoms. The highest BCUT2D eigenvalue weighted by molar-refractivity contribution is 6.01. The van der Waals surface area contributed by atoms with Crippen molar-refractivity contribution in [1.29, 1.82) is 0 Å². The second kappa shape index (κ2) is 9.94. The van der Waals surface area contributed by atoms with E-state index in [1.165, 1.54) is 0 Å². The van der Waals surface area contributed by atoms with Crippen molar-refractivity contribution >= 4 is 28.4 Å². The Balaban J connectivity index is 1.53. The van der Waals surface area contributed by atoms with Gasteiger partial charge in [-0.05, 0) is 43.9 Å². The molecule has 0 bridgehead atoms. The number of amides is 2. The number of likely N-dealkylation sites (tertiary alicyclic amines) is 1. The lowest BCUT2D eigenvalue weighted by Crippen LogP contribution is -2.30. The number of fused-ring (bicyclic) bond motifs is 1. The van der Waals surface area contributed by atoms with Gasteiger partial charge in [-0.1, -0.05) is 30.3 Å². The molecule has 0 aliphatic carbocycles. The number of furan rings is 1. The van der Waals surface area contributed by atoms with E-state index in [-0.39, 0.29) is 11.8 Å². The van der Waals surface area contributed by atoms with E-state index >= 15 is 0 Å². The van der Waals surface area contributed by atoms with Gasteiger partial charge in [-0.25, -0.2) is 0 Å². The summed E-state index contributed by atoms with van der Waals surface area (Å²) in [4.78, 5) is 26.1. The van der Waals surface area contributed by atoms with Crippen molar-refractivity contribution < 1.29 is 18.7 Å². The molecule has 2 amide bonds. The number of ether oxygens (including phenoxy) is 1. The summed E-state index contributed by atoms with van der Waals surface area (Å²) >= 11 is 0. The first-order chi connectivity index (χ1) is 16.0. The fraction of sp³-hybridized carbons (Fsp3) is 0.333. The van der Waals surface area contributed by atoms with Gasteiger partial charge in [0, 0.05) is 54.2 Å². The Morgan fingerprint density at radius 2 is 2.06 bits per heavy atom. The van der Waals surface area contributed by atoms with Crippen LogP contribution in [0.5, 0.6) is 5.75 Å². The molecule has 2 aromatic carbocycles. The summed E-state index contributed by atoms with van der Waals surface area (Å²) < 4.78 is 11.6. The van der Waals surface area contributed by atoms with E-state index in [4.69, 9.17) is 9.15 Å². The van der Waals surface area contributed by atoms with Crippen LogP contribution in [0.15, 0.2) is 53.2 Å². The Bertz CT molecular complexity index is 1190. The zero-order valence-corrected chi connectivity index (χ0v) is 19.4. The number of allylic oxidation sites excluding steroid dienone is 1. The number of carbonyl (C=O) groups excluding carboxylic acids is 2. The average Bonchev–Trinajstić information content (AvgIpc) is 3.43. The second-order valence-corrected chi connectivity index (χ2v) is 8.43. The minimum absolute atomic E-state index is 0.157. The topological polar surface area (TPSA) is 71.8 Å². The number of aryl methyl sites for hydroxylation is 1. The molecule has 1 saturated heterocycles. The number of carbonyl (C=O) groups is 2. The lowest BCUT2D eigenvalue weighted by molar-refractivity contribution is -0.127. The molecule has 0 spiro atoms. The summed E-state index contributed by atoms with van der Waals surface area (Å²) in [5.74, 6) is 0.755. The van der Waals surface area contributed by atoms with Gasteiger partial charge in [-0.15, -0.1) is 0 Å². The molecule has 1 aliphatic rings. The number of nitrogens with zero attached hydrogens (tertiary/aromatic N) is 1. The van der Waals surface area contributed by atoms with Crippen molar-refractivity contribution in [3.05, 3.63) is 59.9 Å². The Morgan fingerprint density at radius 3 is 2.76 bits per heavy atom. The van der Waals surface area contributed by atoms with E-state index in [2.05, 4.69) is 17.4 Å². The van der Waals surface area contributed by atoms with Gasteiger partial charge in [-0.2, -0.15) is 0 Å². The van der Waals surface area contributed by atoms with Crippen LogP contribution in [-0.2, 0) is 9.59 Å². The van der Waals surface area contributed by atoms with Crippen molar-refractivity contribution in [2.45, 2.75) is 33.1 Å². The number of methoxy groups -OCH3 is 1. The number of nitrogens with one attached hydrogen (secondary N) is 1. The summed E-state index contributed by atoms with van der Waals surface area (Å²) in [6, 6.07) is 12.1. The maximum Gasteiger partial charge on any atom is 0.244 e. The van der Waals surface area contributed by atoms with Crippen LogP contribution in [0.1, 0.15) is 37.3 Å². The fourth-order valence-electron chi connectivity index (χ4n) is 4.46. The molecule has 1 aliphatic heterocycles. The molecule has 0 atom stereocenters. The Labute approximate surface area is 194 Å². The van der Waals surface area contributed by atoms with Gasteiger partial charge in [0.2, 0.25) is 11.8 Å².